The minimum absolute atomic E-state index is 0.769. The maximum Gasteiger partial charge on any atom is 0.0471 e. The van der Waals surface area contributed by atoms with Gasteiger partial charge in [0.15, 0.2) is 0 Å². The minimum Gasteiger partial charge on any atom is -0.374 e. The van der Waals surface area contributed by atoms with Gasteiger partial charge < -0.3 is 15.1 Å². The third-order valence-corrected chi connectivity index (χ3v) is 4.22. The quantitative estimate of drug-likeness (QED) is 0.894. The highest BCUT2D eigenvalue weighted by Crippen LogP contribution is 2.25. The van der Waals surface area contributed by atoms with E-state index in [-0.39, 0.29) is 0 Å². The van der Waals surface area contributed by atoms with Gasteiger partial charge in [0.2, 0.25) is 0 Å². The first kappa shape index (κ1) is 14.6. The third-order valence-electron chi connectivity index (χ3n) is 3.87. The average molecular weight is 282 g/mol. The van der Waals surface area contributed by atoms with E-state index in [2.05, 4.69) is 47.4 Å². The van der Waals surface area contributed by atoms with Gasteiger partial charge in [-0.05, 0) is 50.7 Å². The van der Waals surface area contributed by atoms with E-state index in [1.807, 2.05) is 7.05 Å². The predicted molar refractivity (Wildman–Crippen MR) is 83.1 cm³/mol. The highest BCUT2D eigenvalue weighted by molar-refractivity contribution is 6.31. The van der Waals surface area contributed by atoms with Crippen molar-refractivity contribution in [3.05, 3.63) is 28.8 Å². The van der Waals surface area contributed by atoms with Crippen molar-refractivity contribution < 1.29 is 0 Å². The van der Waals surface area contributed by atoms with Crippen molar-refractivity contribution >= 4 is 17.3 Å². The van der Waals surface area contributed by atoms with E-state index in [1.165, 1.54) is 25.2 Å². The van der Waals surface area contributed by atoms with Crippen LogP contribution in [0, 0.1) is 5.92 Å². The molecule has 0 amide bonds. The number of benzene rings is 1. The van der Waals surface area contributed by atoms with Crippen LogP contribution in [0.4, 0.5) is 5.69 Å². The lowest BCUT2D eigenvalue weighted by molar-refractivity contribution is 0.396. The van der Waals surface area contributed by atoms with Gasteiger partial charge in [-0.15, -0.1) is 0 Å². The van der Waals surface area contributed by atoms with Gasteiger partial charge in [0.05, 0.1) is 0 Å². The molecule has 1 aliphatic rings. The Hall–Kier alpha value is -0.770. The molecule has 2 rings (SSSR count). The molecule has 3 nitrogen and oxygen atoms in total. The lowest BCUT2D eigenvalue weighted by Crippen LogP contribution is -2.27. The molecule has 0 saturated carbocycles. The molecule has 1 heterocycles. The van der Waals surface area contributed by atoms with Crippen molar-refractivity contribution in [1.82, 2.24) is 10.2 Å². The molecule has 1 aliphatic heterocycles. The van der Waals surface area contributed by atoms with Gasteiger partial charge in [0, 0.05) is 37.4 Å². The lowest BCUT2D eigenvalue weighted by atomic mass is 10.1. The van der Waals surface area contributed by atoms with Gasteiger partial charge in [-0.2, -0.15) is 0 Å². The second-order valence-corrected chi connectivity index (χ2v) is 6.01. The number of hydrogen-bond acceptors (Lipinski definition) is 3. The van der Waals surface area contributed by atoms with Crippen LogP contribution in [-0.2, 0) is 6.54 Å². The van der Waals surface area contributed by atoms with Crippen molar-refractivity contribution in [3.8, 4) is 0 Å². The van der Waals surface area contributed by atoms with Gasteiger partial charge in [-0.25, -0.2) is 0 Å². The van der Waals surface area contributed by atoms with Crippen LogP contribution in [0.2, 0.25) is 5.02 Å². The van der Waals surface area contributed by atoms with Crippen molar-refractivity contribution in [3.63, 3.8) is 0 Å². The van der Waals surface area contributed by atoms with E-state index in [0.717, 1.165) is 29.6 Å². The molecule has 0 spiro atoms. The van der Waals surface area contributed by atoms with Crippen LogP contribution in [0.1, 0.15) is 12.0 Å². The molecule has 1 N–H and O–H groups in total. The van der Waals surface area contributed by atoms with Crippen LogP contribution in [0.15, 0.2) is 18.2 Å². The predicted octanol–water partition coefficient (Wildman–Crippen LogP) is 2.45. The summed E-state index contributed by atoms with van der Waals surface area (Å²) in [6, 6.07) is 6.36. The van der Waals surface area contributed by atoms with Crippen LogP contribution < -0.4 is 10.2 Å². The normalized spacial score (nSPS) is 19.9. The van der Waals surface area contributed by atoms with Crippen molar-refractivity contribution in [2.24, 2.45) is 5.92 Å². The van der Waals surface area contributed by atoms with Gasteiger partial charge in [0.25, 0.3) is 0 Å². The fourth-order valence-electron chi connectivity index (χ4n) is 2.78. The topological polar surface area (TPSA) is 18.5 Å². The summed E-state index contributed by atoms with van der Waals surface area (Å²) in [6.45, 7) is 4.35. The summed E-state index contributed by atoms with van der Waals surface area (Å²) in [6.07, 6.45) is 1.30. The SMILES string of the molecule is CNCc1ccc(N(C)CC2CCN(C)C2)cc1Cl. The first-order valence-electron chi connectivity index (χ1n) is 6.93. The maximum atomic E-state index is 6.32. The fourth-order valence-corrected chi connectivity index (χ4v) is 3.02. The molecule has 1 aromatic rings. The lowest BCUT2D eigenvalue weighted by Gasteiger charge is -2.23. The summed E-state index contributed by atoms with van der Waals surface area (Å²) in [7, 11) is 6.29. The highest BCUT2D eigenvalue weighted by Gasteiger charge is 2.21. The molecule has 1 fully saturated rings. The fraction of sp³-hybridized carbons (Fsp3) is 0.600. The van der Waals surface area contributed by atoms with Gasteiger partial charge in [-0.3, -0.25) is 0 Å². The van der Waals surface area contributed by atoms with Crippen LogP contribution in [0.5, 0.6) is 0 Å². The monoisotopic (exact) mass is 281 g/mol. The largest absolute Gasteiger partial charge is 0.374 e. The Kier molecular flexibility index (Phi) is 5.08. The molecule has 4 heteroatoms. The summed E-state index contributed by atoms with van der Waals surface area (Å²) < 4.78 is 0. The molecule has 0 aromatic heterocycles. The molecule has 0 bridgehead atoms. The zero-order chi connectivity index (χ0) is 13.8. The first-order chi connectivity index (χ1) is 9.10. The molecule has 1 aromatic carbocycles. The van der Waals surface area contributed by atoms with Gasteiger partial charge in [0.1, 0.15) is 0 Å². The molecule has 1 atom stereocenters. The number of nitrogens with one attached hydrogen (secondary N) is 1. The van der Waals surface area contributed by atoms with Crippen LogP contribution >= 0.6 is 11.6 Å². The minimum atomic E-state index is 0.769. The molecule has 0 radical (unpaired) electrons. The van der Waals surface area contributed by atoms with Gasteiger partial charge in [-0.1, -0.05) is 17.7 Å². The van der Waals surface area contributed by atoms with Crippen LogP contribution in [0.25, 0.3) is 0 Å². The van der Waals surface area contributed by atoms with E-state index >= 15 is 0 Å². The Balaban J connectivity index is 1.98. The molecular formula is C15H24ClN3. The Morgan fingerprint density at radius 3 is 2.84 bits per heavy atom. The van der Waals surface area contributed by atoms with E-state index < -0.39 is 0 Å². The van der Waals surface area contributed by atoms with E-state index in [4.69, 9.17) is 11.6 Å². The van der Waals surface area contributed by atoms with Crippen LogP contribution in [-0.4, -0.2) is 45.7 Å². The number of likely N-dealkylation sites (tertiary alicyclic amines) is 1. The first-order valence-corrected chi connectivity index (χ1v) is 7.30. The molecule has 1 saturated heterocycles. The summed E-state index contributed by atoms with van der Waals surface area (Å²) in [5.41, 5.74) is 2.36. The standard InChI is InChI=1S/C15H24ClN3/c1-17-9-13-4-5-14(8-15(13)16)19(3)11-12-6-7-18(2)10-12/h4-5,8,12,17H,6-7,9-11H2,1-3H3. The van der Waals surface area contributed by atoms with E-state index in [1.54, 1.807) is 0 Å². The Morgan fingerprint density at radius 1 is 1.47 bits per heavy atom. The number of nitrogens with zero attached hydrogens (tertiary/aromatic N) is 2. The molecule has 0 aliphatic carbocycles. The number of rotatable bonds is 5. The third kappa shape index (κ3) is 3.85. The summed E-state index contributed by atoms with van der Waals surface area (Å²) in [4.78, 5) is 4.72. The summed E-state index contributed by atoms with van der Waals surface area (Å²) in [5, 5.41) is 3.98. The van der Waals surface area contributed by atoms with Crippen molar-refractivity contribution in [2.45, 2.75) is 13.0 Å². The smallest absolute Gasteiger partial charge is 0.0471 e. The second-order valence-electron chi connectivity index (χ2n) is 5.60. The molecule has 19 heavy (non-hydrogen) atoms. The molecule has 1 unspecified atom stereocenters. The van der Waals surface area contributed by atoms with Gasteiger partial charge >= 0.3 is 0 Å². The number of hydrogen-bond donors (Lipinski definition) is 1. The summed E-state index contributed by atoms with van der Waals surface area (Å²) >= 11 is 6.32. The Labute approximate surface area is 121 Å². The molecular weight excluding hydrogens is 258 g/mol. The average Bonchev–Trinajstić information content (AvgIpc) is 2.77. The second kappa shape index (κ2) is 6.60. The number of halogens is 1. The number of anilines is 1. The van der Waals surface area contributed by atoms with Crippen molar-refractivity contribution in [2.75, 3.05) is 45.7 Å². The Bertz CT molecular complexity index is 422. The van der Waals surface area contributed by atoms with Crippen LogP contribution in [0.3, 0.4) is 0 Å². The summed E-state index contributed by atoms with van der Waals surface area (Å²) in [5.74, 6) is 0.769. The zero-order valence-electron chi connectivity index (χ0n) is 12.1. The Morgan fingerprint density at radius 2 is 2.26 bits per heavy atom. The van der Waals surface area contributed by atoms with E-state index in [0.29, 0.717) is 0 Å². The zero-order valence-corrected chi connectivity index (χ0v) is 12.9. The van der Waals surface area contributed by atoms with E-state index in [9.17, 15) is 0 Å². The maximum absolute atomic E-state index is 6.32. The van der Waals surface area contributed by atoms with Crippen molar-refractivity contribution in [1.29, 1.82) is 0 Å². The molecule has 106 valence electrons. The highest BCUT2D eigenvalue weighted by atomic mass is 35.5.